The molecule has 0 aromatic heterocycles. The SMILES string of the molecule is COC(=O)[C@H](NC(=O)[C@]12CCC(C)(C)C[C@@H]1C1=CC[C@@H]3[C@@]4(C)CCC(=O)C(C)(C)[C@@H]4CC[C@@]3(C)[C@]1(C)CC2)C(C)C. The fourth-order valence-electron chi connectivity index (χ4n) is 11.4. The smallest absolute Gasteiger partial charge is 0.328 e. The molecule has 5 aliphatic rings. The molecule has 1 amide bonds. The Morgan fingerprint density at radius 2 is 1.59 bits per heavy atom. The summed E-state index contributed by atoms with van der Waals surface area (Å²) in [7, 11) is 1.41. The molecule has 0 aliphatic heterocycles. The zero-order chi connectivity index (χ0) is 30.4. The maximum absolute atomic E-state index is 14.4. The lowest BCUT2D eigenvalue weighted by molar-refractivity contribution is -0.186. The number of hydrogen-bond donors (Lipinski definition) is 1. The highest BCUT2D eigenvalue weighted by Gasteiger charge is 2.69. The van der Waals surface area contributed by atoms with Crippen molar-refractivity contribution < 1.29 is 19.1 Å². The van der Waals surface area contributed by atoms with E-state index < -0.39 is 11.5 Å². The van der Waals surface area contributed by atoms with E-state index in [2.05, 4.69) is 59.9 Å². The molecule has 5 aliphatic carbocycles. The molecule has 0 heterocycles. The van der Waals surface area contributed by atoms with Crippen molar-refractivity contribution in [2.24, 2.45) is 56.2 Å². The third-order valence-corrected chi connectivity index (χ3v) is 14.2. The van der Waals surface area contributed by atoms with Crippen LogP contribution in [-0.4, -0.2) is 30.8 Å². The summed E-state index contributed by atoms with van der Waals surface area (Å²) in [5.74, 6) is 1.27. The van der Waals surface area contributed by atoms with Crippen LogP contribution >= 0.6 is 0 Å². The van der Waals surface area contributed by atoms with Gasteiger partial charge in [-0.15, -0.1) is 0 Å². The Hall–Kier alpha value is -1.65. The maximum atomic E-state index is 14.4. The summed E-state index contributed by atoms with van der Waals surface area (Å²) in [5, 5.41) is 3.21. The molecule has 0 spiro atoms. The highest BCUT2D eigenvalue weighted by Crippen LogP contribution is 2.75. The van der Waals surface area contributed by atoms with Crippen LogP contribution in [0.2, 0.25) is 0 Å². The largest absolute Gasteiger partial charge is 0.467 e. The number of carbonyl (C=O) groups is 3. The van der Waals surface area contributed by atoms with Gasteiger partial charge in [-0.05, 0) is 103 Å². The molecular weight excluding hydrogens is 510 g/mol. The van der Waals surface area contributed by atoms with Gasteiger partial charge in [-0.1, -0.05) is 74.0 Å². The molecule has 1 N–H and O–H groups in total. The van der Waals surface area contributed by atoms with Crippen LogP contribution in [0.3, 0.4) is 0 Å². The summed E-state index contributed by atoms with van der Waals surface area (Å²) in [6.07, 6.45) is 12.4. The van der Waals surface area contributed by atoms with Gasteiger partial charge in [-0.25, -0.2) is 4.79 Å². The van der Waals surface area contributed by atoms with Gasteiger partial charge in [0.05, 0.1) is 12.5 Å². The van der Waals surface area contributed by atoms with Crippen LogP contribution in [-0.2, 0) is 19.1 Å². The van der Waals surface area contributed by atoms with Crippen LogP contribution in [0, 0.1) is 56.2 Å². The Balaban J connectivity index is 1.55. The fraction of sp³-hybridized carbons (Fsp3) is 0.861. The first-order valence-corrected chi connectivity index (χ1v) is 16.5. The second-order valence-electron chi connectivity index (χ2n) is 17.2. The number of allylic oxidation sites excluding steroid dienone is 2. The standard InChI is InChI=1S/C36H57NO4/c1-22(2)28(29(39)41-10)37-30(40)36-19-17-31(3,4)21-24(36)23-11-12-26-33(7)15-14-27(38)32(5,6)25(33)13-16-35(26,9)34(23,8)18-20-36/h11,22,24-26,28H,12-21H2,1-10H3,(H,37,40)/t24-,25+,26-,28-,33+,34-,35-,36+/m1/s1. The Labute approximate surface area is 249 Å². The number of methoxy groups -OCH3 is 1. The van der Waals surface area contributed by atoms with Crippen LogP contribution in [0.25, 0.3) is 0 Å². The van der Waals surface area contributed by atoms with Crippen molar-refractivity contribution in [3.8, 4) is 0 Å². The summed E-state index contributed by atoms with van der Waals surface area (Å²) in [5.41, 5.74) is 1.27. The van der Waals surface area contributed by atoms with Gasteiger partial charge < -0.3 is 10.1 Å². The van der Waals surface area contributed by atoms with Crippen LogP contribution in [0.5, 0.6) is 0 Å². The lowest BCUT2D eigenvalue weighted by Gasteiger charge is -2.70. The van der Waals surface area contributed by atoms with Crippen LogP contribution in [0.4, 0.5) is 0 Å². The molecule has 4 fully saturated rings. The minimum Gasteiger partial charge on any atom is -0.467 e. The van der Waals surface area contributed by atoms with E-state index in [1.807, 2.05) is 13.8 Å². The molecule has 0 aromatic carbocycles. The number of ether oxygens (including phenoxy) is 1. The van der Waals surface area contributed by atoms with Gasteiger partial charge in [0.1, 0.15) is 11.8 Å². The molecule has 8 atom stereocenters. The number of Topliss-reactive ketones (excluding diaryl/α,β-unsaturated/α-hetero) is 1. The number of esters is 1. The predicted octanol–water partition coefficient (Wildman–Crippen LogP) is 7.67. The highest BCUT2D eigenvalue weighted by atomic mass is 16.5. The Morgan fingerprint density at radius 1 is 0.927 bits per heavy atom. The number of hydrogen-bond acceptors (Lipinski definition) is 4. The van der Waals surface area contributed by atoms with Crippen molar-refractivity contribution in [1.82, 2.24) is 5.32 Å². The highest BCUT2D eigenvalue weighted by molar-refractivity contribution is 5.89. The topological polar surface area (TPSA) is 72.5 Å². The maximum Gasteiger partial charge on any atom is 0.328 e. The lowest BCUT2D eigenvalue weighted by atomic mass is 9.33. The molecule has 0 radical (unpaired) electrons. The van der Waals surface area contributed by atoms with E-state index >= 15 is 0 Å². The Kier molecular flexibility index (Phi) is 7.27. The van der Waals surface area contributed by atoms with E-state index in [0.717, 1.165) is 57.8 Å². The van der Waals surface area contributed by atoms with Crippen molar-refractivity contribution in [3.05, 3.63) is 11.6 Å². The van der Waals surface area contributed by atoms with Gasteiger partial charge >= 0.3 is 5.97 Å². The molecule has 41 heavy (non-hydrogen) atoms. The van der Waals surface area contributed by atoms with Gasteiger partial charge in [0.2, 0.25) is 5.91 Å². The third-order valence-electron chi connectivity index (χ3n) is 14.2. The summed E-state index contributed by atoms with van der Waals surface area (Å²) in [6, 6.07) is -0.624. The molecule has 0 unspecified atom stereocenters. The molecule has 0 saturated heterocycles. The summed E-state index contributed by atoms with van der Waals surface area (Å²) >= 11 is 0. The van der Waals surface area contributed by atoms with Gasteiger partial charge in [0.25, 0.3) is 0 Å². The van der Waals surface area contributed by atoms with E-state index in [-0.39, 0.29) is 50.8 Å². The molecule has 230 valence electrons. The molecule has 5 nitrogen and oxygen atoms in total. The zero-order valence-electron chi connectivity index (χ0n) is 27.7. The Bertz CT molecular complexity index is 1150. The normalized spacial score (nSPS) is 43.4. The molecular formula is C36H57NO4. The van der Waals surface area contributed by atoms with Gasteiger partial charge in [-0.2, -0.15) is 0 Å². The second-order valence-corrected chi connectivity index (χ2v) is 17.2. The number of ketones is 1. The quantitative estimate of drug-likeness (QED) is 0.279. The number of rotatable bonds is 4. The van der Waals surface area contributed by atoms with E-state index in [1.54, 1.807) is 0 Å². The minimum atomic E-state index is -0.624. The van der Waals surface area contributed by atoms with E-state index in [1.165, 1.54) is 12.7 Å². The van der Waals surface area contributed by atoms with E-state index in [0.29, 0.717) is 24.0 Å². The number of carbonyl (C=O) groups excluding carboxylic acids is 3. The van der Waals surface area contributed by atoms with Crippen LogP contribution in [0.15, 0.2) is 11.6 Å². The first-order chi connectivity index (χ1) is 18.9. The Morgan fingerprint density at radius 3 is 2.22 bits per heavy atom. The van der Waals surface area contributed by atoms with Gasteiger partial charge in [0.15, 0.2) is 0 Å². The first-order valence-electron chi connectivity index (χ1n) is 16.5. The molecule has 5 heteroatoms. The monoisotopic (exact) mass is 567 g/mol. The van der Waals surface area contributed by atoms with Crippen molar-refractivity contribution in [3.63, 3.8) is 0 Å². The third kappa shape index (κ3) is 4.24. The van der Waals surface area contributed by atoms with Crippen molar-refractivity contribution in [2.45, 2.75) is 133 Å². The van der Waals surface area contributed by atoms with E-state index in [9.17, 15) is 14.4 Å². The lowest BCUT2D eigenvalue weighted by Crippen LogP contribution is -2.65. The first kappa shape index (κ1) is 30.8. The number of amides is 1. The summed E-state index contributed by atoms with van der Waals surface area (Å²) in [6.45, 7) is 20.7. The number of fused-ring (bicyclic) bond motifs is 7. The van der Waals surface area contributed by atoms with Crippen LogP contribution < -0.4 is 5.32 Å². The van der Waals surface area contributed by atoms with Gasteiger partial charge in [-0.3, -0.25) is 9.59 Å². The second kappa shape index (κ2) is 9.68. The summed E-state index contributed by atoms with van der Waals surface area (Å²) < 4.78 is 5.09. The zero-order valence-corrected chi connectivity index (χ0v) is 27.7. The van der Waals surface area contributed by atoms with Crippen LogP contribution in [0.1, 0.15) is 127 Å². The molecule has 0 bridgehead atoms. The molecule has 0 aromatic rings. The average molecular weight is 568 g/mol. The van der Waals surface area contributed by atoms with Crippen molar-refractivity contribution in [2.75, 3.05) is 7.11 Å². The van der Waals surface area contributed by atoms with Crippen molar-refractivity contribution in [1.29, 1.82) is 0 Å². The predicted molar refractivity (Wildman–Crippen MR) is 163 cm³/mol. The van der Waals surface area contributed by atoms with Crippen molar-refractivity contribution >= 4 is 17.7 Å². The van der Waals surface area contributed by atoms with E-state index in [4.69, 9.17) is 4.74 Å². The average Bonchev–Trinajstić information content (AvgIpc) is 2.89. The minimum absolute atomic E-state index is 0.0250. The summed E-state index contributed by atoms with van der Waals surface area (Å²) in [4.78, 5) is 40.1. The molecule has 4 saturated carbocycles. The van der Waals surface area contributed by atoms with Gasteiger partial charge in [0, 0.05) is 11.8 Å². The fourth-order valence-corrected chi connectivity index (χ4v) is 11.4. The molecule has 5 rings (SSSR count). The number of nitrogens with one attached hydrogen (secondary N) is 1.